The van der Waals surface area contributed by atoms with E-state index in [2.05, 4.69) is 12.1 Å². The Hall–Kier alpha value is -2.13. The number of fused-ring (bicyclic) bond motifs is 1. The molecule has 0 saturated heterocycles. The number of hydrogen-bond donors (Lipinski definition) is 1. The Morgan fingerprint density at radius 1 is 1.00 bits per heavy atom. The van der Waals surface area contributed by atoms with Crippen LogP contribution in [0.5, 0.6) is 0 Å². The molecule has 0 aliphatic rings. The minimum absolute atomic E-state index is 0.735. The van der Waals surface area contributed by atoms with E-state index in [0.717, 1.165) is 16.9 Å². The van der Waals surface area contributed by atoms with Crippen LogP contribution in [0.15, 0.2) is 60.1 Å². The van der Waals surface area contributed by atoms with E-state index in [-0.39, 0.29) is 0 Å². The summed E-state index contributed by atoms with van der Waals surface area (Å²) in [5, 5.41) is 0. The smallest absolute Gasteiger partial charge is 0.278 e. The third kappa shape index (κ3) is 2.00. The molecule has 0 amide bonds. The molecule has 1 aromatic heterocycles. The van der Waals surface area contributed by atoms with Gasteiger partial charge in [-0.25, -0.2) is 0 Å². The van der Waals surface area contributed by atoms with Crippen molar-refractivity contribution in [3.63, 3.8) is 0 Å². The number of nitrogens with two attached hydrogens (primary N) is 1. The number of hydrogen-bond acceptors (Lipinski definition) is 2. The largest absolute Gasteiger partial charge is 0.287 e. The van der Waals surface area contributed by atoms with Crippen molar-refractivity contribution in [2.75, 3.05) is 0 Å². The summed E-state index contributed by atoms with van der Waals surface area (Å²) in [4.78, 5) is 0. The van der Waals surface area contributed by atoms with Crippen LogP contribution in [0, 0.1) is 0 Å². The molecule has 0 spiro atoms. The first-order valence-electron chi connectivity index (χ1n) is 5.75. The van der Waals surface area contributed by atoms with Gasteiger partial charge in [-0.2, -0.15) is 4.57 Å². The zero-order valence-electron chi connectivity index (χ0n) is 9.78. The van der Waals surface area contributed by atoms with Gasteiger partial charge in [0.2, 0.25) is 0 Å². The van der Waals surface area contributed by atoms with Gasteiger partial charge in [-0.1, -0.05) is 53.8 Å². The van der Waals surface area contributed by atoms with Gasteiger partial charge >= 0.3 is 0 Å². The van der Waals surface area contributed by atoms with Crippen molar-refractivity contribution in [3.8, 4) is 0 Å². The van der Waals surface area contributed by atoms with E-state index in [1.807, 2.05) is 58.6 Å². The van der Waals surface area contributed by atoms with Crippen LogP contribution < -0.4 is 10.3 Å². The minimum Gasteiger partial charge on any atom is -0.287 e. The zero-order valence-corrected chi connectivity index (χ0v) is 10.6. The van der Waals surface area contributed by atoms with Crippen molar-refractivity contribution in [1.29, 1.82) is 0 Å². The normalized spacial score (nSPS) is 11.9. The van der Waals surface area contributed by atoms with Crippen LogP contribution in [0.4, 0.5) is 0 Å². The van der Waals surface area contributed by atoms with Gasteiger partial charge in [0.25, 0.3) is 5.82 Å². The number of thiazole rings is 1. The molecule has 0 unspecified atom stereocenters. The molecule has 2 aromatic carbocycles. The molecule has 0 radical (unpaired) electrons. The molecule has 3 rings (SSSR count). The predicted molar refractivity (Wildman–Crippen MR) is 76.8 cm³/mol. The zero-order chi connectivity index (χ0) is 12.4. The van der Waals surface area contributed by atoms with Crippen LogP contribution in [-0.4, -0.2) is 0 Å². The molecule has 0 atom stereocenters. The maximum atomic E-state index is 6.17. The van der Waals surface area contributed by atoms with E-state index in [9.17, 15) is 0 Å². The molecule has 88 valence electrons. The summed E-state index contributed by atoms with van der Waals surface area (Å²) >= 11 is 1.69. The molecule has 0 saturated carbocycles. The average molecular weight is 253 g/mol. The van der Waals surface area contributed by atoms with Gasteiger partial charge < -0.3 is 0 Å². The monoisotopic (exact) mass is 253 g/mol. The first-order chi connectivity index (χ1) is 8.84. The number of aromatic nitrogens is 1. The van der Waals surface area contributed by atoms with E-state index in [1.165, 1.54) is 4.70 Å². The second-order valence-electron chi connectivity index (χ2n) is 4.04. The molecule has 3 aromatic rings. The van der Waals surface area contributed by atoms with Crippen molar-refractivity contribution in [1.82, 2.24) is 0 Å². The topological polar surface area (TPSA) is 29.9 Å². The highest BCUT2D eigenvalue weighted by Crippen LogP contribution is 2.16. The molecule has 0 aliphatic heterocycles. The van der Waals surface area contributed by atoms with Crippen molar-refractivity contribution in [3.05, 3.63) is 65.7 Å². The fourth-order valence-electron chi connectivity index (χ4n) is 1.91. The van der Waals surface area contributed by atoms with Gasteiger partial charge in [-0.3, -0.25) is 5.73 Å². The second kappa shape index (κ2) is 4.63. The number of para-hydroxylation sites is 1. The number of benzene rings is 2. The summed E-state index contributed by atoms with van der Waals surface area (Å²) in [7, 11) is 0. The summed E-state index contributed by atoms with van der Waals surface area (Å²) in [6, 6.07) is 18.4. The van der Waals surface area contributed by atoms with E-state index in [1.54, 1.807) is 11.3 Å². The summed E-state index contributed by atoms with van der Waals surface area (Å²) in [6.07, 6.45) is 1.99. The van der Waals surface area contributed by atoms with E-state index in [0.29, 0.717) is 0 Å². The number of rotatable bonds is 2. The second-order valence-corrected chi connectivity index (χ2v) is 4.93. The summed E-state index contributed by atoms with van der Waals surface area (Å²) in [5.74, 6) is 0.735. The van der Waals surface area contributed by atoms with Gasteiger partial charge in [-0.05, 0) is 17.7 Å². The molecular formula is C15H13N2S+. The molecule has 0 aliphatic carbocycles. The summed E-state index contributed by atoms with van der Waals surface area (Å²) < 4.78 is 3.26. The molecule has 0 fully saturated rings. The van der Waals surface area contributed by atoms with Crippen molar-refractivity contribution >= 4 is 33.5 Å². The van der Waals surface area contributed by atoms with Gasteiger partial charge in [0.15, 0.2) is 11.0 Å². The Morgan fingerprint density at radius 2 is 1.72 bits per heavy atom. The lowest BCUT2D eigenvalue weighted by molar-refractivity contribution is -0.547. The quantitative estimate of drug-likeness (QED) is 0.699. The van der Waals surface area contributed by atoms with E-state index >= 15 is 0 Å². The lowest BCUT2D eigenvalue weighted by Crippen LogP contribution is -2.34. The first-order valence-corrected chi connectivity index (χ1v) is 6.63. The van der Waals surface area contributed by atoms with Crippen LogP contribution in [0.25, 0.3) is 22.1 Å². The van der Waals surface area contributed by atoms with Gasteiger partial charge in [0.05, 0.1) is 4.70 Å². The van der Waals surface area contributed by atoms with Gasteiger partial charge in [0.1, 0.15) is 0 Å². The minimum atomic E-state index is 0.735. The molecule has 2 N–H and O–H groups in total. The maximum absolute atomic E-state index is 6.17. The third-order valence-electron chi connectivity index (χ3n) is 2.80. The Kier molecular flexibility index (Phi) is 2.82. The summed E-state index contributed by atoms with van der Waals surface area (Å²) in [5.41, 5.74) is 10.5. The molecule has 3 heteroatoms. The summed E-state index contributed by atoms with van der Waals surface area (Å²) in [6.45, 7) is 0. The standard InChI is InChI=1S/C15H13N2S/c16-15(10-12-6-2-1-3-7-12)17-11-18-14-9-5-4-8-13(14)17/h1-11H,16H2/q+1. The Bertz CT molecular complexity index is 699. The highest BCUT2D eigenvalue weighted by Gasteiger charge is 2.10. The number of nitrogens with zero attached hydrogens (tertiary/aromatic N) is 1. The Balaban J connectivity index is 2.07. The molecule has 18 heavy (non-hydrogen) atoms. The molecule has 0 bridgehead atoms. The van der Waals surface area contributed by atoms with Gasteiger partial charge in [-0.15, -0.1) is 0 Å². The van der Waals surface area contributed by atoms with E-state index in [4.69, 9.17) is 5.73 Å². The SMILES string of the molecule is NC(=Cc1ccccc1)[n+]1csc2ccccc21. The molecule has 1 heterocycles. The van der Waals surface area contributed by atoms with Crippen molar-refractivity contribution in [2.24, 2.45) is 5.73 Å². The fourth-order valence-corrected chi connectivity index (χ4v) is 2.81. The lowest BCUT2D eigenvalue weighted by atomic mass is 10.2. The fraction of sp³-hybridized carbons (Fsp3) is 0. The predicted octanol–water partition coefficient (Wildman–Crippen LogP) is 3.10. The Labute approximate surface area is 110 Å². The van der Waals surface area contributed by atoms with Crippen LogP contribution in [0.2, 0.25) is 0 Å². The third-order valence-corrected chi connectivity index (χ3v) is 3.72. The van der Waals surface area contributed by atoms with Crippen molar-refractivity contribution < 1.29 is 4.57 Å². The van der Waals surface area contributed by atoms with Crippen LogP contribution in [-0.2, 0) is 0 Å². The molecular weight excluding hydrogens is 240 g/mol. The Morgan fingerprint density at radius 3 is 2.56 bits per heavy atom. The van der Waals surface area contributed by atoms with E-state index < -0.39 is 0 Å². The van der Waals surface area contributed by atoms with Crippen LogP contribution >= 0.6 is 11.3 Å². The maximum Gasteiger partial charge on any atom is 0.278 e. The average Bonchev–Trinajstić information content (AvgIpc) is 2.84. The lowest BCUT2D eigenvalue weighted by Gasteiger charge is -1.96. The highest BCUT2D eigenvalue weighted by molar-refractivity contribution is 7.16. The van der Waals surface area contributed by atoms with Gasteiger partial charge in [0, 0.05) is 6.08 Å². The van der Waals surface area contributed by atoms with Crippen LogP contribution in [0.1, 0.15) is 5.56 Å². The van der Waals surface area contributed by atoms with Crippen LogP contribution in [0.3, 0.4) is 0 Å². The van der Waals surface area contributed by atoms with Crippen molar-refractivity contribution in [2.45, 2.75) is 0 Å². The first kappa shape index (κ1) is 11.0. The highest BCUT2D eigenvalue weighted by atomic mass is 32.1. The molecule has 2 nitrogen and oxygen atoms in total.